The van der Waals surface area contributed by atoms with Crippen molar-refractivity contribution in [2.45, 2.75) is 6.10 Å². The Morgan fingerprint density at radius 2 is 1.56 bits per heavy atom. The van der Waals surface area contributed by atoms with E-state index in [0.717, 1.165) is 26.2 Å². The van der Waals surface area contributed by atoms with Crippen molar-refractivity contribution < 1.29 is 9.84 Å². The zero-order valence-corrected chi connectivity index (χ0v) is 15.5. The van der Waals surface area contributed by atoms with Gasteiger partial charge in [-0.05, 0) is 24.3 Å². The number of piperazine rings is 1. The quantitative estimate of drug-likeness (QED) is 0.830. The summed E-state index contributed by atoms with van der Waals surface area (Å²) in [5.41, 5.74) is 1.25. The van der Waals surface area contributed by atoms with Crippen molar-refractivity contribution in [2.24, 2.45) is 0 Å². The first-order valence-corrected chi connectivity index (χ1v) is 9.16. The van der Waals surface area contributed by atoms with Gasteiger partial charge in [0.1, 0.15) is 12.7 Å². The molecule has 0 saturated carbocycles. The second-order valence-electron chi connectivity index (χ2n) is 6.14. The highest BCUT2D eigenvalue weighted by molar-refractivity contribution is 6.37. The van der Waals surface area contributed by atoms with E-state index >= 15 is 0 Å². The molecule has 0 aliphatic carbocycles. The van der Waals surface area contributed by atoms with Gasteiger partial charge in [-0.1, -0.05) is 47.5 Å². The maximum Gasteiger partial charge on any atom is 0.156 e. The molecule has 0 amide bonds. The van der Waals surface area contributed by atoms with E-state index in [0.29, 0.717) is 22.3 Å². The monoisotopic (exact) mass is 380 g/mol. The summed E-state index contributed by atoms with van der Waals surface area (Å²) in [5, 5.41) is 11.2. The van der Waals surface area contributed by atoms with Crippen LogP contribution in [0.3, 0.4) is 0 Å². The number of para-hydroxylation sites is 2. The fraction of sp³-hybridized carbons (Fsp3) is 0.368. The predicted molar refractivity (Wildman–Crippen MR) is 103 cm³/mol. The fourth-order valence-corrected chi connectivity index (χ4v) is 3.48. The maximum absolute atomic E-state index is 10.3. The van der Waals surface area contributed by atoms with Crippen LogP contribution in [0.4, 0.5) is 5.69 Å². The van der Waals surface area contributed by atoms with Crippen LogP contribution < -0.4 is 9.64 Å². The average molecular weight is 381 g/mol. The Balaban J connectivity index is 1.44. The van der Waals surface area contributed by atoms with E-state index in [4.69, 9.17) is 27.9 Å². The van der Waals surface area contributed by atoms with Gasteiger partial charge in [-0.2, -0.15) is 0 Å². The topological polar surface area (TPSA) is 35.9 Å². The number of hydrogen-bond donors (Lipinski definition) is 1. The predicted octanol–water partition coefficient (Wildman–Crippen LogP) is 3.56. The molecule has 6 heteroatoms. The first-order valence-electron chi connectivity index (χ1n) is 8.40. The molecule has 1 aliphatic heterocycles. The van der Waals surface area contributed by atoms with Crippen LogP contribution in [0.1, 0.15) is 0 Å². The van der Waals surface area contributed by atoms with Gasteiger partial charge in [-0.3, -0.25) is 4.90 Å². The Bertz CT molecular complexity index is 656. The lowest BCUT2D eigenvalue weighted by Gasteiger charge is -2.36. The Hall–Kier alpha value is -1.46. The van der Waals surface area contributed by atoms with Crippen molar-refractivity contribution in [3.8, 4) is 5.75 Å². The first-order chi connectivity index (χ1) is 12.1. The molecule has 4 nitrogen and oxygen atoms in total. The molecule has 25 heavy (non-hydrogen) atoms. The molecule has 1 heterocycles. The summed E-state index contributed by atoms with van der Waals surface area (Å²) in [6.07, 6.45) is -0.587. The standard InChI is InChI=1S/C19H22Cl2N2O2/c20-17-7-4-8-18(21)19(17)25-14-16(24)13-22-9-11-23(12-10-22)15-5-2-1-3-6-15/h1-8,16,24H,9-14H2/t16-/m1/s1. The van der Waals surface area contributed by atoms with Crippen LogP contribution in [-0.2, 0) is 0 Å². The highest BCUT2D eigenvalue weighted by atomic mass is 35.5. The molecule has 1 fully saturated rings. The average Bonchev–Trinajstić information content (AvgIpc) is 2.63. The summed E-state index contributed by atoms with van der Waals surface area (Å²) >= 11 is 12.1. The largest absolute Gasteiger partial charge is 0.488 e. The summed E-state index contributed by atoms with van der Waals surface area (Å²) in [5.74, 6) is 0.429. The maximum atomic E-state index is 10.3. The number of rotatable bonds is 6. The van der Waals surface area contributed by atoms with Crippen LogP contribution in [-0.4, -0.2) is 55.4 Å². The van der Waals surface area contributed by atoms with E-state index in [9.17, 15) is 5.11 Å². The third-order valence-corrected chi connectivity index (χ3v) is 4.90. The molecule has 0 radical (unpaired) electrons. The molecule has 0 bridgehead atoms. The minimum atomic E-state index is -0.587. The second kappa shape index (κ2) is 8.77. The van der Waals surface area contributed by atoms with Gasteiger partial charge >= 0.3 is 0 Å². The number of nitrogens with zero attached hydrogens (tertiary/aromatic N) is 2. The molecular formula is C19H22Cl2N2O2. The molecule has 0 unspecified atom stereocenters. The minimum Gasteiger partial charge on any atom is -0.488 e. The van der Waals surface area contributed by atoms with E-state index in [2.05, 4.69) is 34.1 Å². The molecule has 0 aromatic heterocycles. The minimum absolute atomic E-state index is 0.169. The molecule has 0 spiro atoms. The van der Waals surface area contributed by atoms with Gasteiger partial charge in [-0.15, -0.1) is 0 Å². The third kappa shape index (κ3) is 5.02. The lowest BCUT2D eigenvalue weighted by atomic mass is 10.2. The van der Waals surface area contributed by atoms with Crippen LogP contribution in [0, 0.1) is 0 Å². The Labute approximate surface area is 158 Å². The summed E-state index contributed by atoms with van der Waals surface area (Å²) in [4.78, 5) is 4.62. The lowest BCUT2D eigenvalue weighted by Crippen LogP contribution is -2.49. The normalized spacial score (nSPS) is 16.7. The van der Waals surface area contributed by atoms with Gasteiger partial charge < -0.3 is 14.7 Å². The first kappa shape index (κ1) is 18.3. The van der Waals surface area contributed by atoms with Gasteiger partial charge in [0.25, 0.3) is 0 Å². The zero-order chi connectivity index (χ0) is 17.6. The van der Waals surface area contributed by atoms with E-state index < -0.39 is 6.10 Å². The molecule has 1 aliphatic rings. The van der Waals surface area contributed by atoms with Crippen molar-refractivity contribution in [1.82, 2.24) is 4.90 Å². The molecule has 134 valence electrons. The highest BCUT2D eigenvalue weighted by Gasteiger charge is 2.20. The van der Waals surface area contributed by atoms with Crippen molar-refractivity contribution in [3.05, 3.63) is 58.6 Å². The van der Waals surface area contributed by atoms with Crippen LogP contribution in [0.25, 0.3) is 0 Å². The van der Waals surface area contributed by atoms with Crippen molar-refractivity contribution in [3.63, 3.8) is 0 Å². The smallest absolute Gasteiger partial charge is 0.156 e. The summed E-state index contributed by atoms with van der Waals surface area (Å²) in [6, 6.07) is 15.6. The third-order valence-electron chi connectivity index (χ3n) is 4.30. The van der Waals surface area contributed by atoms with Crippen LogP contribution in [0.5, 0.6) is 5.75 Å². The van der Waals surface area contributed by atoms with Crippen molar-refractivity contribution >= 4 is 28.9 Å². The zero-order valence-electron chi connectivity index (χ0n) is 13.9. The van der Waals surface area contributed by atoms with Crippen molar-refractivity contribution in [2.75, 3.05) is 44.2 Å². The molecule has 1 atom stereocenters. The second-order valence-corrected chi connectivity index (χ2v) is 6.95. The van der Waals surface area contributed by atoms with Crippen LogP contribution in [0.15, 0.2) is 48.5 Å². The summed E-state index contributed by atoms with van der Waals surface area (Å²) in [7, 11) is 0. The number of ether oxygens (including phenoxy) is 1. The number of aliphatic hydroxyl groups excluding tert-OH is 1. The molecule has 2 aromatic carbocycles. The molecular weight excluding hydrogens is 359 g/mol. The summed E-state index contributed by atoms with van der Waals surface area (Å²) in [6.45, 7) is 4.48. The van der Waals surface area contributed by atoms with Crippen molar-refractivity contribution in [1.29, 1.82) is 0 Å². The SMILES string of the molecule is O[C@@H](COc1c(Cl)cccc1Cl)CN1CCN(c2ccccc2)CC1. The number of anilines is 1. The van der Waals surface area contributed by atoms with E-state index in [1.54, 1.807) is 18.2 Å². The van der Waals surface area contributed by atoms with Crippen LogP contribution in [0.2, 0.25) is 10.0 Å². The molecule has 1 saturated heterocycles. The van der Waals surface area contributed by atoms with Crippen LogP contribution >= 0.6 is 23.2 Å². The van der Waals surface area contributed by atoms with Gasteiger partial charge in [-0.25, -0.2) is 0 Å². The fourth-order valence-electron chi connectivity index (χ4n) is 2.98. The summed E-state index contributed by atoms with van der Waals surface area (Å²) < 4.78 is 5.61. The number of aliphatic hydroxyl groups is 1. The van der Waals surface area contributed by atoms with E-state index in [-0.39, 0.29) is 6.61 Å². The number of hydrogen-bond acceptors (Lipinski definition) is 4. The lowest BCUT2D eigenvalue weighted by molar-refractivity contribution is 0.0664. The highest BCUT2D eigenvalue weighted by Crippen LogP contribution is 2.32. The van der Waals surface area contributed by atoms with E-state index in [1.165, 1.54) is 5.69 Å². The molecule has 3 rings (SSSR count). The number of β-amino-alcohol motifs (C(OH)–C–C–N with tert-alkyl or cyclic N) is 1. The Kier molecular flexibility index (Phi) is 6.43. The number of halogens is 2. The van der Waals surface area contributed by atoms with E-state index in [1.807, 2.05) is 6.07 Å². The van der Waals surface area contributed by atoms with Gasteiger partial charge in [0.2, 0.25) is 0 Å². The molecule has 2 aromatic rings. The Morgan fingerprint density at radius 1 is 0.920 bits per heavy atom. The van der Waals surface area contributed by atoms with Gasteiger partial charge in [0, 0.05) is 38.4 Å². The molecule has 1 N–H and O–H groups in total. The Morgan fingerprint density at radius 3 is 2.20 bits per heavy atom. The number of benzene rings is 2. The van der Waals surface area contributed by atoms with Gasteiger partial charge in [0.15, 0.2) is 5.75 Å². The van der Waals surface area contributed by atoms with Gasteiger partial charge in [0.05, 0.1) is 10.0 Å².